The van der Waals surface area contributed by atoms with Gasteiger partial charge in [0.1, 0.15) is 12.4 Å². The molecule has 0 aliphatic heterocycles. The Labute approximate surface area is 114 Å². The van der Waals surface area contributed by atoms with Crippen LogP contribution in [0.25, 0.3) is 0 Å². The highest BCUT2D eigenvalue weighted by Gasteiger charge is 2.19. The van der Waals surface area contributed by atoms with Crippen LogP contribution in [-0.4, -0.2) is 26.0 Å². The maximum absolute atomic E-state index is 11.7. The molecule has 1 aliphatic carbocycles. The molecule has 0 aromatic heterocycles. The number of ether oxygens (including phenoxy) is 1. The minimum absolute atomic E-state index is 0.0568. The lowest BCUT2D eigenvalue weighted by Crippen LogP contribution is -2.22. The number of aryl methyl sites for hydroxylation is 1. The van der Waals surface area contributed by atoms with Crippen molar-refractivity contribution in [1.82, 2.24) is 0 Å². The molecule has 106 valence electrons. The summed E-state index contributed by atoms with van der Waals surface area (Å²) in [5.74, 6) is 0.785. The first-order valence-electron chi connectivity index (χ1n) is 6.63. The lowest BCUT2D eigenvalue weighted by molar-refractivity contribution is 0.340. The maximum atomic E-state index is 11.7. The van der Waals surface area contributed by atoms with Gasteiger partial charge in [0.2, 0.25) is 0 Å². The average Bonchev–Trinajstić information content (AvgIpc) is 2.70. The van der Waals surface area contributed by atoms with E-state index < -0.39 is 9.84 Å². The molecule has 0 heterocycles. The number of fused-ring (bicyclic) bond motifs is 1. The third-order valence-corrected chi connectivity index (χ3v) is 5.77. The van der Waals surface area contributed by atoms with Crippen LogP contribution in [0.5, 0.6) is 5.75 Å². The van der Waals surface area contributed by atoms with Crippen molar-refractivity contribution >= 4 is 9.84 Å². The molecule has 2 N–H and O–H groups in total. The van der Waals surface area contributed by atoms with E-state index in [1.807, 2.05) is 18.2 Å². The van der Waals surface area contributed by atoms with Gasteiger partial charge in [-0.05, 0) is 49.9 Å². The second kappa shape index (κ2) is 5.51. The van der Waals surface area contributed by atoms with Gasteiger partial charge in [-0.1, -0.05) is 6.07 Å². The van der Waals surface area contributed by atoms with E-state index in [9.17, 15) is 8.42 Å². The van der Waals surface area contributed by atoms with Crippen molar-refractivity contribution in [2.45, 2.75) is 38.0 Å². The highest BCUT2D eigenvalue weighted by molar-refractivity contribution is 7.91. The summed E-state index contributed by atoms with van der Waals surface area (Å²) >= 11 is 0. The Morgan fingerprint density at radius 3 is 2.84 bits per heavy atom. The van der Waals surface area contributed by atoms with Gasteiger partial charge >= 0.3 is 0 Å². The molecular weight excluding hydrogens is 262 g/mol. The first-order chi connectivity index (χ1) is 8.90. The van der Waals surface area contributed by atoms with Crippen LogP contribution < -0.4 is 10.5 Å². The van der Waals surface area contributed by atoms with E-state index in [2.05, 4.69) is 0 Å². The number of benzene rings is 1. The second-order valence-corrected chi connectivity index (χ2v) is 7.95. The van der Waals surface area contributed by atoms with Crippen LogP contribution in [0.4, 0.5) is 0 Å². The smallest absolute Gasteiger partial charge is 0.155 e. The summed E-state index contributed by atoms with van der Waals surface area (Å²) in [6.07, 6.45) is 1.94. The number of rotatable bonds is 5. The van der Waals surface area contributed by atoms with Crippen LogP contribution in [0.2, 0.25) is 0 Å². The molecular formula is C14H21NO3S. The van der Waals surface area contributed by atoms with Gasteiger partial charge in [0.05, 0.1) is 11.0 Å². The molecule has 1 atom stereocenters. The number of nitrogens with two attached hydrogens (primary N) is 1. The molecule has 1 aromatic carbocycles. The van der Waals surface area contributed by atoms with E-state index in [4.69, 9.17) is 10.5 Å². The summed E-state index contributed by atoms with van der Waals surface area (Å²) < 4.78 is 28.8. The Morgan fingerprint density at radius 2 is 2.16 bits per heavy atom. The Bertz CT molecular complexity index is 552. The summed E-state index contributed by atoms with van der Waals surface area (Å²) in [6, 6.07) is 5.96. The monoisotopic (exact) mass is 283 g/mol. The molecule has 5 heteroatoms. The normalized spacial score (nSPS) is 18.6. The lowest BCUT2D eigenvalue weighted by Gasteiger charge is -2.11. The van der Waals surface area contributed by atoms with Crippen molar-refractivity contribution in [1.29, 1.82) is 0 Å². The fourth-order valence-corrected chi connectivity index (χ4v) is 3.02. The molecule has 1 aromatic rings. The first kappa shape index (κ1) is 14.3. The quantitative estimate of drug-likeness (QED) is 0.895. The standard InChI is InChI=1S/C14H21NO3S/c1-10(2)19(16,17)8-7-18-12-4-5-13-11(9-12)3-6-14(13)15/h4-5,9-10,14H,3,6-8,15H2,1-2H3/t14-/m1/s1. The molecule has 0 fully saturated rings. The second-order valence-electron chi connectivity index (χ2n) is 5.27. The minimum Gasteiger partial charge on any atom is -0.493 e. The van der Waals surface area contributed by atoms with E-state index in [1.165, 1.54) is 11.1 Å². The van der Waals surface area contributed by atoms with E-state index in [0.717, 1.165) is 18.6 Å². The van der Waals surface area contributed by atoms with Gasteiger partial charge in [-0.2, -0.15) is 0 Å². The zero-order valence-electron chi connectivity index (χ0n) is 11.4. The Hall–Kier alpha value is -1.07. The van der Waals surface area contributed by atoms with Crippen LogP contribution in [0.15, 0.2) is 18.2 Å². The topological polar surface area (TPSA) is 69.4 Å². The molecule has 0 radical (unpaired) electrons. The van der Waals surface area contributed by atoms with Crippen LogP contribution in [-0.2, 0) is 16.3 Å². The number of sulfone groups is 1. The summed E-state index contributed by atoms with van der Waals surface area (Å²) in [6.45, 7) is 3.57. The predicted octanol–water partition coefficient (Wildman–Crippen LogP) is 1.83. The third kappa shape index (κ3) is 3.28. The number of hydrogen-bond donors (Lipinski definition) is 1. The SMILES string of the molecule is CC(C)S(=O)(=O)CCOc1ccc2c(c1)CC[C@H]2N. The molecule has 0 saturated carbocycles. The Balaban J connectivity index is 1.95. The Kier molecular flexibility index (Phi) is 4.16. The van der Waals surface area contributed by atoms with E-state index in [-0.39, 0.29) is 23.7 Å². The van der Waals surface area contributed by atoms with Crippen LogP contribution in [0.1, 0.15) is 37.4 Å². The van der Waals surface area contributed by atoms with Gasteiger partial charge in [-0.15, -0.1) is 0 Å². The number of hydrogen-bond acceptors (Lipinski definition) is 4. The van der Waals surface area contributed by atoms with Gasteiger partial charge < -0.3 is 10.5 Å². The third-order valence-electron chi connectivity index (χ3n) is 3.59. The van der Waals surface area contributed by atoms with Crippen molar-refractivity contribution < 1.29 is 13.2 Å². The van der Waals surface area contributed by atoms with Gasteiger partial charge in [0.15, 0.2) is 9.84 Å². The fraction of sp³-hybridized carbons (Fsp3) is 0.571. The van der Waals surface area contributed by atoms with E-state index in [1.54, 1.807) is 13.8 Å². The van der Waals surface area contributed by atoms with Crippen molar-refractivity contribution in [3.63, 3.8) is 0 Å². The van der Waals surface area contributed by atoms with E-state index >= 15 is 0 Å². The summed E-state index contributed by atoms with van der Waals surface area (Å²) in [7, 11) is -3.03. The zero-order chi connectivity index (χ0) is 14.0. The average molecular weight is 283 g/mol. The molecule has 0 amide bonds. The molecule has 0 bridgehead atoms. The molecule has 4 nitrogen and oxygen atoms in total. The lowest BCUT2D eigenvalue weighted by atomic mass is 10.1. The molecule has 0 spiro atoms. The van der Waals surface area contributed by atoms with Crippen molar-refractivity contribution in [2.24, 2.45) is 5.73 Å². The van der Waals surface area contributed by atoms with Gasteiger partial charge in [0.25, 0.3) is 0 Å². The molecule has 1 aliphatic rings. The summed E-state index contributed by atoms with van der Waals surface area (Å²) in [5, 5.41) is -0.353. The zero-order valence-corrected chi connectivity index (χ0v) is 12.2. The van der Waals surface area contributed by atoms with Gasteiger partial charge in [-0.3, -0.25) is 0 Å². The summed E-state index contributed by atoms with van der Waals surface area (Å²) in [4.78, 5) is 0. The molecule has 2 rings (SSSR count). The van der Waals surface area contributed by atoms with Crippen LogP contribution in [0, 0.1) is 0 Å². The molecule has 0 unspecified atom stereocenters. The Morgan fingerprint density at radius 1 is 1.42 bits per heavy atom. The molecule has 0 saturated heterocycles. The minimum atomic E-state index is -3.03. The van der Waals surface area contributed by atoms with Crippen molar-refractivity contribution in [2.75, 3.05) is 12.4 Å². The van der Waals surface area contributed by atoms with E-state index in [0.29, 0.717) is 0 Å². The molecule has 19 heavy (non-hydrogen) atoms. The van der Waals surface area contributed by atoms with Crippen LogP contribution >= 0.6 is 0 Å². The van der Waals surface area contributed by atoms with Gasteiger partial charge in [-0.25, -0.2) is 8.42 Å². The van der Waals surface area contributed by atoms with Crippen LogP contribution in [0.3, 0.4) is 0 Å². The maximum Gasteiger partial charge on any atom is 0.155 e. The van der Waals surface area contributed by atoms with Crippen molar-refractivity contribution in [3.05, 3.63) is 29.3 Å². The highest BCUT2D eigenvalue weighted by Crippen LogP contribution is 2.31. The van der Waals surface area contributed by atoms with Crippen molar-refractivity contribution in [3.8, 4) is 5.75 Å². The first-order valence-corrected chi connectivity index (χ1v) is 8.34. The largest absolute Gasteiger partial charge is 0.493 e. The van der Waals surface area contributed by atoms with Gasteiger partial charge in [0, 0.05) is 6.04 Å². The fourth-order valence-electron chi connectivity index (χ4n) is 2.23. The predicted molar refractivity (Wildman–Crippen MR) is 76.1 cm³/mol. The summed E-state index contributed by atoms with van der Waals surface area (Å²) in [5.41, 5.74) is 8.37. The highest BCUT2D eigenvalue weighted by atomic mass is 32.2.